The summed E-state index contributed by atoms with van der Waals surface area (Å²) in [5.74, 6) is 1.88. The Morgan fingerprint density at radius 3 is 2.61 bits per heavy atom. The first kappa shape index (κ1) is 14.4. The van der Waals surface area contributed by atoms with Crippen molar-refractivity contribution in [3.05, 3.63) is 29.3 Å². The number of alkyl halides is 3. The fourth-order valence-corrected chi connectivity index (χ4v) is 1.54. The molecule has 0 amide bonds. The van der Waals surface area contributed by atoms with E-state index in [1.54, 1.807) is 13.0 Å². The summed E-state index contributed by atoms with van der Waals surface area (Å²) in [6.45, 7) is 1.53. The van der Waals surface area contributed by atoms with Gasteiger partial charge in [-0.1, -0.05) is 12.0 Å². The molecule has 0 spiro atoms. The molecule has 0 aliphatic carbocycles. The van der Waals surface area contributed by atoms with Gasteiger partial charge in [0, 0.05) is 6.04 Å². The second kappa shape index (κ2) is 5.78. The molecule has 0 heterocycles. The van der Waals surface area contributed by atoms with Gasteiger partial charge in [-0.3, -0.25) is 0 Å². The largest absolute Gasteiger partial charge is 0.480 e. The molecular formula is C13H14F3NO. The second-order valence-corrected chi connectivity index (χ2v) is 4.00. The minimum atomic E-state index is -4.47. The first-order valence-corrected chi connectivity index (χ1v) is 5.36. The van der Waals surface area contributed by atoms with Gasteiger partial charge in [0.25, 0.3) is 0 Å². The standard InChI is InChI=1S/C13H14F3NO/c1-3-6-18-12-5-4-10(7-9(2)17)8-11(12)13(14,15)16/h1,4-5,8-9H,6-7,17H2,2H3. The monoisotopic (exact) mass is 257 g/mol. The first-order chi connectivity index (χ1) is 8.34. The van der Waals surface area contributed by atoms with Gasteiger partial charge in [0.1, 0.15) is 12.4 Å². The van der Waals surface area contributed by atoms with Crippen LogP contribution < -0.4 is 10.5 Å². The van der Waals surface area contributed by atoms with Crippen molar-refractivity contribution in [2.45, 2.75) is 25.6 Å². The number of benzene rings is 1. The van der Waals surface area contributed by atoms with Gasteiger partial charge in [-0.15, -0.1) is 6.42 Å². The van der Waals surface area contributed by atoms with Crippen molar-refractivity contribution in [2.75, 3.05) is 6.61 Å². The van der Waals surface area contributed by atoms with Crippen molar-refractivity contribution in [3.8, 4) is 18.1 Å². The summed E-state index contributed by atoms with van der Waals surface area (Å²) in [5.41, 5.74) is 5.26. The van der Waals surface area contributed by atoms with Crippen molar-refractivity contribution >= 4 is 0 Å². The summed E-state index contributed by atoms with van der Waals surface area (Å²) >= 11 is 0. The molecule has 0 aliphatic rings. The SMILES string of the molecule is C#CCOc1ccc(CC(C)N)cc1C(F)(F)F. The Kier molecular flexibility index (Phi) is 4.62. The summed E-state index contributed by atoms with van der Waals surface area (Å²) < 4.78 is 43.4. The third kappa shape index (κ3) is 3.97. The number of nitrogens with two attached hydrogens (primary N) is 1. The fourth-order valence-electron chi connectivity index (χ4n) is 1.54. The van der Waals surface area contributed by atoms with E-state index in [9.17, 15) is 13.2 Å². The van der Waals surface area contributed by atoms with E-state index in [1.165, 1.54) is 6.07 Å². The zero-order valence-electron chi connectivity index (χ0n) is 9.92. The maximum atomic E-state index is 12.8. The van der Waals surface area contributed by atoms with E-state index in [-0.39, 0.29) is 18.4 Å². The Hall–Kier alpha value is -1.67. The number of hydrogen-bond acceptors (Lipinski definition) is 2. The van der Waals surface area contributed by atoms with E-state index in [0.717, 1.165) is 6.07 Å². The zero-order chi connectivity index (χ0) is 13.8. The molecule has 5 heteroatoms. The third-order valence-electron chi connectivity index (χ3n) is 2.22. The van der Waals surface area contributed by atoms with Crippen LogP contribution in [-0.2, 0) is 12.6 Å². The minimum absolute atomic E-state index is 0.199. The highest BCUT2D eigenvalue weighted by Gasteiger charge is 2.34. The molecular weight excluding hydrogens is 243 g/mol. The average Bonchev–Trinajstić information content (AvgIpc) is 2.25. The van der Waals surface area contributed by atoms with E-state index in [4.69, 9.17) is 16.9 Å². The molecule has 1 aromatic rings. The molecule has 1 rings (SSSR count). The lowest BCUT2D eigenvalue weighted by atomic mass is 10.0. The van der Waals surface area contributed by atoms with Crippen LogP contribution in [0.15, 0.2) is 18.2 Å². The molecule has 0 aromatic heterocycles. The highest BCUT2D eigenvalue weighted by molar-refractivity contribution is 5.39. The Morgan fingerprint density at radius 1 is 1.44 bits per heavy atom. The second-order valence-electron chi connectivity index (χ2n) is 4.00. The van der Waals surface area contributed by atoms with Gasteiger partial charge in [0.15, 0.2) is 0 Å². The third-order valence-corrected chi connectivity index (χ3v) is 2.22. The van der Waals surface area contributed by atoms with Crippen LogP contribution in [0.5, 0.6) is 5.75 Å². The van der Waals surface area contributed by atoms with Crippen LogP contribution in [0.3, 0.4) is 0 Å². The molecule has 1 unspecified atom stereocenters. The summed E-state index contributed by atoms with van der Waals surface area (Å²) in [5, 5.41) is 0. The lowest BCUT2D eigenvalue weighted by molar-refractivity contribution is -0.138. The van der Waals surface area contributed by atoms with Gasteiger partial charge in [-0.2, -0.15) is 13.2 Å². The highest BCUT2D eigenvalue weighted by Crippen LogP contribution is 2.37. The number of ether oxygens (including phenoxy) is 1. The number of hydrogen-bond donors (Lipinski definition) is 1. The van der Waals surface area contributed by atoms with Gasteiger partial charge in [0.2, 0.25) is 0 Å². The normalized spacial score (nSPS) is 12.9. The number of rotatable bonds is 4. The summed E-state index contributed by atoms with van der Waals surface area (Å²) in [7, 11) is 0. The zero-order valence-corrected chi connectivity index (χ0v) is 9.92. The molecule has 2 N–H and O–H groups in total. The van der Waals surface area contributed by atoms with Crippen molar-refractivity contribution in [1.82, 2.24) is 0 Å². The Labute approximate surface area is 104 Å². The molecule has 2 nitrogen and oxygen atoms in total. The summed E-state index contributed by atoms with van der Waals surface area (Å²) in [6.07, 6.45) is 0.858. The molecule has 0 saturated heterocycles. The van der Waals surface area contributed by atoms with Gasteiger partial charge in [0.05, 0.1) is 5.56 Å². The van der Waals surface area contributed by atoms with Gasteiger partial charge >= 0.3 is 6.18 Å². The molecule has 18 heavy (non-hydrogen) atoms. The van der Waals surface area contributed by atoms with Crippen LogP contribution in [0.25, 0.3) is 0 Å². The summed E-state index contributed by atoms with van der Waals surface area (Å²) in [4.78, 5) is 0. The molecule has 0 fully saturated rings. The quantitative estimate of drug-likeness (QED) is 0.841. The van der Waals surface area contributed by atoms with Crippen LogP contribution in [-0.4, -0.2) is 12.6 Å². The molecule has 0 aliphatic heterocycles. The van der Waals surface area contributed by atoms with E-state index in [0.29, 0.717) is 12.0 Å². The van der Waals surface area contributed by atoms with Crippen molar-refractivity contribution in [1.29, 1.82) is 0 Å². The topological polar surface area (TPSA) is 35.2 Å². The van der Waals surface area contributed by atoms with E-state index in [1.807, 2.05) is 0 Å². The van der Waals surface area contributed by atoms with Crippen LogP contribution in [0.2, 0.25) is 0 Å². The molecule has 1 atom stereocenters. The molecule has 98 valence electrons. The molecule has 0 radical (unpaired) electrons. The summed E-state index contributed by atoms with van der Waals surface area (Å²) in [6, 6.07) is 3.68. The number of halogens is 3. The van der Waals surface area contributed by atoms with Crippen LogP contribution in [0.4, 0.5) is 13.2 Å². The van der Waals surface area contributed by atoms with Crippen molar-refractivity contribution < 1.29 is 17.9 Å². The smallest absolute Gasteiger partial charge is 0.419 e. The fraction of sp³-hybridized carbons (Fsp3) is 0.385. The highest BCUT2D eigenvalue weighted by atomic mass is 19.4. The van der Waals surface area contributed by atoms with Gasteiger partial charge in [-0.25, -0.2) is 0 Å². The maximum absolute atomic E-state index is 12.8. The predicted octanol–water partition coefficient (Wildman–Crippen LogP) is 2.61. The average molecular weight is 257 g/mol. The first-order valence-electron chi connectivity index (χ1n) is 5.36. The Balaban J connectivity index is 3.09. The molecule has 1 aromatic carbocycles. The number of terminal acetylenes is 1. The van der Waals surface area contributed by atoms with E-state index in [2.05, 4.69) is 5.92 Å². The Bertz CT molecular complexity index is 447. The Morgan fingerprint density at radius 2 is 2.11 bits per heavy atom. The lowest BCUT2D eigenvalue weighted by Crippen LogP contribution is -2.18. The molecule has 0 bridgehead atoms. The predicted molar refractivity (Wildman–Crippen MR) is 63.1 cm³/mol. The van der Waals surface area contributed by atoms with Gasteiger partial charge < -0.3 is 10.5 Å². The van der Waals surface area contributed by atoms with Crippen molar-refractivity contribution in [3.63, 3.8) is 0 Å². The maximum Gasteiger partial charge on any atom is 0.419 e. The van der Waals surface area contributed by atoms with E-state index < -0.39 is 11.7 Å². The van der Waals surface area contributed by atoms with E-state index >= 15 is 0 Å². The van der Waals surface area contributed by atoms with Crippen LogP contribution >= 0.6 is 0 Å². The van der Waals surface area contributed by atoms with Gasteiger partial charge in [-0.05, 0) is 31.0 Å². The minimum Gasteiger partial charge on any atom is -0.480 e. The van der Waals surface area contributed by atoms with Crippen LogP contribution in [0.1, 0.15) is 18.1 Å². The van der Waals surface area contributed by atoms with Crippen molar-refractivity contribution in [2.24, 2.45) is 5.73 Å². The lowest BCUT2D eigenvalue weighted by Gasteiger charge is -2.15. The van der Waals surface area contributed by atoms with Crippen LogP contribution in [0, 0.1) is 12.3 Å². The molecule has 0 saturated carbocycles.